The Morgan fingerprint density at radius 3 is 2.26 bits per heavy atom. The Labute approximate surface area is 244 Å². The number of amides is 1. The van der Waals surface area contributed by atoms with Gasteiger partial charge in [0.25, 0.3) is 11.7 Å². The number of aryl methyl sites for hydroxylation is 1. The van der Waals surface area contributed by atoms with Crippen LogP contribution in [0.15, 0.2) is 78.4 Å². The third-order valence-electron chi connectivity index (χ3n) is 7.73. The van der Waals surface area contributed by atoms with E-state index in [9.17, 15) is 19.5 Å². The number of Topliss-reactive ketones (excluding diaryl/α,β-unsaturated/α-hetero) is 1. The fraction of sp³-hybridized carbons (Fsp3) is 0.303. The topological polar surface area (TPSA) is 106 Å². The summed E-state index contributed by atoms with van der Waals surface area (Å²) in [6.45, 7) is 5.96. The van der Waals surface area contributed by atoms with E-state index in [0.717, 1.165) is 24.2 Å². The molecule has 5 rings (SSSR count). The first kappa shape index (κ1) is 29.0. The molecule has 2 saturated heterocycles. The van der Waals surface area contributed by atoms with E-state index in [2.05, 4.69) is 4.90 Å². The number of aliphatic hydroxyl groups is 1. The van der Waals surface area contributed by atoms with E-state index in [1.54, 1.807) is 48.5 Å². The highest BCUT2D eigenvalue weighted by Gasteiger charge is 2.46. The van der Waals surface area contributed by atoms with Crippen LogP contribution < -0.4 is 4.74 Å². The summed E-state index contributed by atoms with van der Waals surface area (Å²) < 4.78 is 16.2. The summed E-state index contributed by atoms with van der Waals surface area (Å²) in [7, 11) is 1.30. The fourth-order valence-corrected chi connectivity index (χ4v) is 5.25. The van der Waals surface area contributed by atoms with Gasteiger partial charge < -0.3 is 24.2 Å². The first-order valence-corrected chi connectivity index (χ1v) is 13.9. The van der Waals surface area contributed by atoms with Gasteiger partial charge in [-0.2, -0.15) is 0 Å². The number of methoxy groups -OCH3 is 1. The molecule has 0 spiro atoms. The molecule has 2 heterocycles. The number of aliphatic hydroxyl groups excluding tert-OH is 1. The number of esters is 1. The summed E-state index contributed by atoms with van der Waals surface area (Å²) in [4.78, 5) is 42.4. The van der Waals surface area contributed by atoms with Crippen LogP contribution in [0.25, 0.3) is 5.76 Å². The van der Waals surface area contributed by atoms with Crippen LogP contribution in [0.4, 0.5) is 0 Å². The van der Waals surface area contributed by atoms with Crippen molar-refractivity contribution in [2.24, 2.45) is 0 Å². The van der Waals surface area contributed by atoms with Crippen molar-refractivity contribution in [1.29, 1.82) is 0 Å². The molecule has 3 aromatic carbocycles. The highest BCUT2D eigenvalue weighted by Crippen LogP contribution is 2.39. The molecular weight excluding hydrogens is 536 g/mol. The maximum atomic E-state index is 13.4. The molecule has 9 nitrogen and oxygen atoms in total. The molecule has 1 atom stereocenters. The Balaban J connectivity index is 1.44. The van der Waals surface area contributed by atoms with Crippen molar-refractivity contribution in [3.63, 3.8) is 0 Å². The van der Waals surface area contributed by atoms with E-state index >= 15 is 0 Å². The van der Waals surface area contributed by atoms with Gasteiger partial charge in [-0.1, -0.05) is 36.4 Å². The number of hydrogen-bond acceptors (Lipinski definition) is 8. The van der Waals surface area contributed by atoms with E-state index in [1.807, 2.05) is 31.2 Å². The molecular formula is C33H34N2O7. The number of ether oxygens (including phenoxy) is 3. The Hall–Kier alpha value is -4.47. The van der Waals surface area contributed by atoms with E-state index in [-0.39, 0.29) is 17.9 Å². The second-order valence-corrected chi connectivity index (χ2v) is 10.3. The molecule has 0 radical (unpaired) electrons. The molecule has 1 unspecified atom stereocenters. The van der Waals surface area contributed by atoms with Gasteiger partial charge in [0.2, 0.25) is 0 Å². The monoisotopic (exact) mass is 570 g/mol. The van der Waals surface area contributed by atoms with Crippen molar-refractivity contribution < 1.29 is 33.7 Å². The maximum Gasteiger partial charge on any atom is 0.337 e. The van der Waals surface area contributed by atoms with E-state index in [1.165, 1.54) is 12.0 Å². The average Bonchev–Trinajstić information content (AvgIpc) is 3.28. The zero-order valence-electron chi connectivity index (χ0n) is 23.7. The standard InChI is InChI=1S/C33H34N2O7/c1-22-5-3-4-6-26(22)21-42-27-13-11-24(12-14-27)30(36)28-29(23-7-9-25(10-8-23)33(39)40-2)35(32(38)31(28)37)16-15-34-17-19-41-20-18-34/h3-14,29,36H,15-21H2,1-2H3/b30-28+. The zero-order chi connectivity index (χ0) is 29.6. The number of carbonyl (C=O) groups is 3. The van der Waals surface area contributed by atoms with E-state index in [0.29, 0.717) is 48.8 Å². The van der Waals surface area contributed by atoms with Crippen LogP contribution in [0.2, 0.25) is 0 Å². The maximum absolute atomic E-state index is 13.4. The zero-order valence-corrected chi connectivity index (χ0v) is 23.7. The third kappa shape index (κ3) is 6.22. The lowest BCUT2D eigenvalue weighted by atomic mass is 9.94. The highest BCUT2D eigenvalue weighted by molar-refractivity contribution is 6.46. The first-order valence-electron chi connectivity index (χ1n) is 13.9. The summed E-state index contributed by atoms with van der Waals surface area (Å²) in [5, 5.41) is 11.4. The van der Waals surface area contributed by atoms with Gasteiger partial charge in [-0.15, -0.1) is 0 Å². The number of rotatable bonds is 9. The Kier molecular flexibility index (Phi) is 9.00. The lowest BCUT2D eigenvalue weighted by Crippen LogP contribution is -2.42. The Morgan fingerprint density at radius 1 is 0.929 bits per heavy atom. The van der Waals surface area contributed by atoms with Gasteiger partial charge in [-0.3, -0.25) is 14.5 Å². The number of likely N-dealkylation sites (tertiary alicyclic amines) is 1. The smallest absolute Gasteiger partial charge is 0.337 e. The lowest BCUT2D eigenvalue weighted by Gasteiger charge is -2.31. The SMILES string of the molecule is COC(=O)c1ccc(C2/C(=C(\O)c3ccc(OCc4ccccc4C)cc3)C(=O)C(=O)N2CCN2CCOCC2)cc1. The third-order valence-corrected chi connectivity index (χ3v) is 7.73. The van der Waals surface area contributed by atoms with Gasteiger partial charge in [0.15, 0.2) is 0 Å². The van der Waals surface area contributed by atoms with Gasteiger partial charge in [0.1, 0.15) is 18.1 Å². The predicted molar refractivity (Wildman–Crippen MR) is 156 cm³/mol. The molecule has 1 amide bonds. The number of hydrogen-bond donors (Lipinski definition) is 1. The summed E-state index contributed by atoms with van der Waals surface area (Å²) in [6.07, 6.45) is 0. The van der Waals surface area contributed by atoms with Crippen LogP contribution in [0.1, 0.15) is 38.7 Å². The molecule has 3 aromatic rings. The normalized spacial score (nSPS) is 18.7. The molecule has 2 aliphatic rings. The summed E-state index contributed by atoms with van der Waals surface area (Å²) in [6, 6.07) is 20.5. The van der Waals surface area contributed by atoms with E-state index in [4.69, 9.17) is 14.2 Å². The molecule has 2 fully saturated rings. The van der Waals surface area contributed by atoms with Crippen LogP contribution in [0.3, 0.4) is 0 Å². The molecule has 0 aromatic heterocycles. The largest absolute Gasteiger partial charge is 0.507 e. The number of ketones is 1. The molecule has 0 saturated carbocycles. The van der Waals surface area contributed by atoms with Crippen molar-refractivity contribution in [2.75, 3.05) is 46.5 Å². The Morgan fingerprint density at radius 2 is 1.60 bits per heavy atom. The highest BCUT2D eigenvalue weighted by atomic mass is 16.5. The molecule has 9 heteroatoms. The second-order valence-electron chi connectivity index (χ2n) is 10.3. The average molecular weight is 571 g/mol. The first-order chi connectivity index (χ1) is 20.4. The summed E-state index contributed by atoms with van der Waals surface area (Å²) >= 11 is 0. The van der Waals surface area contributed by atoms with Gasteiger partial charge in [0.05, 0.1) is 37.5 Å². The predicted octanol–water partition coefficient (Wildman–Crippen LogP) is 4.11. The number of benzene rings is 3. The van der Waals surface area contributed by atoms with Crippen molar-refractivity contribution in [2.45, 2.75) is 19.6 Å². The summed E-state index contributed by atoms with van der Waals surface area (Å²) in [5.41, 5.74) is 3.53. The molecule has 218 valence electrons. The molecule has 42 heavy (non-hydrogen) atoms. The van der Waals surface area contributed by atoms with Gasteiger partial charge in [-0.05, 0) is 60.0 Å². The molecule has 0 bridgehead atoms. The van der Waals surface area contributed by atoms with Crippen molar-refractivity contribution in [3.8, 4) is 5.75 Å². The number of carbonyl (C=O) groups excluding carboxylic acids is 3. The van der Waals surface area contributed by atoms with Gasteiger partial charge in [-0.25, -0.2) is 4.79 Å². The minimum absolute atomic E-state index is 0.00127. The Bertz CT molecular complexity index is 1470. The van der Waals surface area contributed by atoms with Crippen molar-refractivity contribution in [3.05, 3.63) is 106 Å². The molecule has 0 aliphatic carbocycles. The van der Waals surface area contributed by atoms with Crippen molar-refractivity contribution >= 4 is 23.4 Å². The van der Waals surface area contributed by atoms with Crippen molar-refractivity contribution in [1.82, 2.24) is 9.80 Å². The van der Waals surface area contributed by atoms with Crippen LogP contribution in [0, 0.1) is 6.92 Å². The van der Waals surface area contributed by atoms with Crippen LogP contribution in [0.5, 0.6) is 5.75 Å². The van der Waals surface area contributed by atoms with Crippen LogP contribution in [-0.4, -0.2) is 79.1 Å². The van der Waals surface area contributed by atoms with Crippen LogP contribution in [-0.2, 0) is 25.7 Å². The minimum Gasteiger partial charge on any atom is -0.507 e. The second kappa shape index (κ2) is 13.0. The van der Waals surface area contributed by atoms with Gasteiger partial charge in [0, 0.05) is 31.7 Å². The molecule has 1 N–H and O–H groups in total. The lowest BCUT2D eigenvalue weighted by molar-refractivity contribution is -0.140. The molecule has 2 aliphatic heterocycles. The fourth-order valence-electron chi connectivity index (χ4n) is 5.25. The number of morpholine rings is 1. The minimum atomic E-state index is -0.824. The van der Waals surface area contributed by atoms with Crippen LogP contribution >= 0.6 is 0 Å². The summed E-state index contributed by atoms with van der Waals surface area (Å²) in [5.74, 6) is -1.58. The van der Waals surface area contributed by atoms with E-state index < -0.39 is 23.7 Å². The van der Waals surface area contributed by atoms with Gasteiger partial charge >= 0.3 is 5.97 Å². The number of nitrogens with zero attached hydrogens (tertiary/aromatic N) is 2. The quantitative estimate of drug-likeness (QED) is 0.177.